The molecule has 2 heterocycles. The van der Waals surface area contributed by atoms with Gasteiger partial charge in [0.1, 0.15) is 11.2 Å². The molecule has 0 unspecified atom stereocenters. The highest BCUT2D eigenvalue weighted by Crippen LogP contribution is 2.41. The molecule has 284 valence electrons. The second kappa shape index (κ2) is 14.3. The molecule has 10 aromatic carbocycles. The van der Waals surface area contributed by atoms with Crippen molar-refractivity contribution in [2.45, 2.75) is 0 Å². The Kier molecular flexibility index (Phi) is 8.13. The zero-order valence-electron chi connectivity index (χ0n) is 33.0. The van der Waals surface area contributed by atoms with Crippen molar-refractivity contribution in [2.24, 2.45) is 0 Å². The van der Waals surface area contributed by atoms with E-state index in [9.17, 15) is 0 Å². The largest absolute Gasteiger partial charge is 0.455 e. The average Bonchev–Trinajstić information content (AvgIpc) is 3.72. The molecule has 0 spiro atoms. The Labute approximate surface area is 352 Å². The third kappa shape index (κ3) is 5.96. The summed E-state index contributed by atoms with van der Waals surface area (Å²) in [6.07, 6.45) is 0. The molecule has 12 aromatic rings. The van der Waals surface area contributed by atoms with Crippen LogP contribution in [0.25, 0.3) is 122 Å². The molecule has 4 heteroatoms. The van der Waals surface area contributed by atoms with Gasteiger partial charge in [0.05, 0.1) is 5.56 Å². The number of furan rings is 1. The highest BCUT2D eigenvalue weighted by molar-refractivity contribution is 6.11. The summed E-state index contributed by atoms with van der Waals surface area (Å²) in [5, 5.41) is 8.87. The lowest BCUT2D eigenvalue weighted by Gasteiger charge is -2.15. The Morgan fingerprint density at radius 1 is 0.262 bits per heavy atom. The molecule has 0 aliphatic heterocycles. The van der Waals surface area contributed by atoms with Crippen LogP contribution in [0.5, 0.6) is 0 Å². The van der Waals surface area contributed by atoms with Crippen LogP contribution < -0.4 is 0 Å². The van der Waals surface area contributed by atoms with E-state index in [-0.39, 0.29) is 0 Å². The van der Waals surface area contributed by atoms with Gasteiger partial charge in [-0.2, -0.15) is 0 Å². The molecule has 4 nitrogen and oxygen atoms in total. The molecule has 0 bridgehead atoms. The standard InChI is InChI=1S/C57H35N3O/c1-2-14-36(15-3-1)39-19-10-20-40(34-39)41-31-30-38-18-12-27-49(52(38)35-41)55-58-56(60-57(59-55)51-28-13-26-48-47-24-8-9-29-53(47)61-54(48)51)50-33-32-46(44-22-6-7-23-45(44)50)43-25-11-17-37-16-4-5-21-42(37)43/h1-35H. The van der Waals surface area contributed by atoms with Crippen molar-refractivity contribution in [1.29, 1.82) is 0 Å². The van der Waals surface area contributed by atoms with Crippen LogP contribution in [0.4, 0.5) is 0 Å². The average molecular weight is 778 g/mol. The number of hydrogen-bond donors (Lipinski definition) is 0. The topological polar surface area (TPSA) is 51.8 Å². The van der Waals surface area contributed by atoms with E-state index < -0.39 is 0 Å². The SMILES string of the molecule is c1ccc(-c2cccc(-c3ccc4cccc(-c5nc(-c6ccc(-c7cccc8ccccc78)c7ccccc67)nc(-c6cccc7c6oc6ccccc67)n5)c4c3)c2)cc1. The summed E-state index contributed by atoms with van der Waals surface area (Å²) in [6, 6.07) is 74.7. The molecule has 0 atom stereocenters. The molecule has 0 N–H and O–H groups in total. The summed E-state index contributed by atoms with van der Waals surface area (Å²) in [7, 11) is 0. The molecular weight excluding hydrogens is 743 g/mol. The maximum Gasteiger partial charge on any atom is 0.167 e. The summed E-state index contributed by atoms with van der Waals surface area (Å²) in [4.78, 5) is 16.0. The van der Waals surface area contributed by atoms with Crippen LogP contribution in [0.1, 0.15) is 0 Å². The number of fused-ring (bicyclic) bond motifs is 6. The maximum atomic E-state index is 6.58. The minimum absolute atomic E-state index is 0.551. The molecule has 0 saturated heterocycles. The predicted molar refractivity (Wildman–Crippen MR) is 252 cm³/mol. The summed E-state index contributed by atoms with van der Waals surface area (Å²) in [5.41, 5.74) is 11.2. The lowest BCUT2D eigenvalue weighted by molar-refractivity contribution is 0.669. The summed E-state index contributed by atoms with van der Waals surface area (Å²) in [5.74, 6) is 1.74. The van der Waals surface area contributed by atoms with Gasteiger partial charge in [0, 0.05) is 21.9 Å². The monoisotopic (exact) mass is 777 g/mol. The van der Waals surface area contributed by atoms with Crippen molar-refractivity contribution in [1.82, 2.24) is 15.0 Å². The number of benzene rings is 10. The lowest BCUT2D eigenvalue weighted by atomic mass is 9.92. The van der Waals surface area contributed by atoms with Crippen LogP contribution in [0, 0.1) is 0 Å². The molecule has 12 rings (SSSR count). The van der Waals surface area contributed by atoms with E-state index in [1.165, 1.54) is 27.5 Å². The first-order chi connectivity index (χ1) is 30.2. The van der Waals surface area contributed by atoms with Crippen LogP contribution in [0.2, 0.25) is 0 Å². The number of para-hydroxylation sites is 2. The van der Waals surface area contributed by atoms with Crippen LogP contribution in [0.15, 0.2) is 217 Å². The van der Waals surface area contributed by atoms with Crippen molar-refractivity contribution >= 4 is 54.3 Å². The first-order valence-electron chi connectivity index (χ1n) is 20.6. The van der Waals surface area contributed by atoms with E-state index in [0.717, 1.165) is 76.9 Å². The minimum Gasteiger partial charge on any atom is -0.455 e. The first kappa shape index (κ1) is 34.8. The van der Waals surface area contributed by atoms with E-state index >= 15 is 0 Å². The molecule has 0 fully saturated rings. The van der Waals surface area contributed by atoms with E-state index in [4.69, 9.17) is 19.4 Å². The second-order valence-electron chi connectivity index (χ2n) is 15.5. The van der Waals surface area contributed by atoms with Crippen molar-refractivity contribution in [2.75, 3.05) is 0 Å². The Balaban J connectivity index is 1.08. The van der Waals surface area contributed by atoms with Crippen LogP contribution in [-0.2, 0) is 0 Å². The predicted octanol–water partition coefficient (Wildman–Crippen LogP) is 15.2. The fourth-order valence-electron chi connectivity index (χ4n) is 9.01. The van der Waals surface area contributed by atoms with E-state index in [1.54, 1.807) is 0 Å². The van der Waals surface area contributed by atoms with Gasteiger partial charge in [-0.05, 0) is 96.0 Å². The quantitative estimate of drug-likeness (QED) is 0.169. The van der Waals surface area contributed by atoms with Gasteiger partial charge in [-0.15, -0.1) is 0 Å². The van der Waals surface area contributed by atoms with Crippen molar-refractivity contribution in [3.8, 4) is 67.5 Å². The molecule has 2 aromatic heterocycles. The van der Waals surface area contributed by atoms with Gasteiger partial charge < -0.3 is 4.42 Å². The van der Waals surface area contributed by atoms with Crippen LogP contribution in [0.3, 0.4) is 0 Å². The van der Waals surface area contributed by atoms with Crippen LogP contribution in [-0.4, -0.2) is 15.0 Å². The molecule has 0 amide bonds. The Morgan fingerprint density at radius 2 is 0.738 bits per heavy atom. The second-order valence-corrected chi connectivity index (χ2v) is 15.5. The summed E-state index contributed by atoms with van der Waals surface area (Å²) < 4.78 is 6.58. The highest BCUT2D eigenvalue weighted by atomic mass is 16.3. The van der Waals surface area contributed by atoms with Crippen molar-refractivity contribution < 1.29 is 4.42 Å². The fourth-order valence-corrected chi connectivity index (χ4v) is 9.01. The van der Waals surface area contributed by atoms with Gasteiger partial charge in [0.2, 0.25) is 0 Å². The molecule has 0 aliphatic rings. The van der Waals surface area contributed by atoms with E-state index in [0.29, 0.717) is 17.5 Å². The van der Waals surface area contributed by atoms with Gasteiger partial charge in [0.15, 0.2) is 17.5 Å². The minimum atomic E-state index is 0.551. The van der Waals surface area contributed by atoms with E-state index in [1.807, 2.05) is 18.2 Å². The zero-order valence-corrected chi connectivity index (χ0v) is 33.0. The maximum absolute atomic E-state index is 6.58. The third-order valence-corrected chi connectivity index (χ3v) is 12.0. The van der Waals surface area contributed by atoms with Gasteiger partial charge >= 0.3 is 0 Å². The molecule has 61 heavy (non-hydrogen) atoms. The Bertz CT molecular complexity index is 3660. The van der Waals surface area contributed by atoms with Gasteiger partial charge in [-0.1, -0.05) is 182 Å². The number of rotatable bonds is 6. The molecule has 0 radical (unpaired) electrons. The zero-order chi connectivity index (χ0) is 40.3. The summed E-state index contributed by atoms with van der Waals surface area (Å²) >= 11 is 0. The highest BCUT2D eigenvalue weighted by Gasteiger charge is 2.21. The first-order valence-corrected chi connectivity index (χ1v) is 20.6. The Morgan fingerprint density at radius 3 is 1.54 bits per heavy atom. The molecule has 0 aliphatic carbocycles. The van der Waals surface area contributed by atoms with Gasteiger partial charge in [0.25, 0.3) is 0 Å². The van der Waals surface area contributed by atoms with Crippen LogP contribution >= 0.6 is 0 Å². The van der Waals surface area contributed by atoms with Gasteiger partial charge in [-0.25, -0.2) is 15.0 Å². The normalized spacial score (nSPS) is 11.6. The lowest BCUT2D eigenvalue weighted by Crippen LogP contribution is -2.01. The summed E-state index contributed by atoms with van der Waals surface area (Å²) in [6.45, 7) is 0. The number of nitrogens with zero attached hydrogens (tertiary/aromatic N) is 3. The van der Waals surface area contributed by atoms with Crippen molar-refractivity contribution in [3.05, 3.63) is 212 Å². The molecular formula is C57H35N3O. The number of aromatic nitrogens is 3. The molecule has 0 saturated carbocycles. The number of hydrogen-bond acceptors (Lipinski definition) is 4. The smallest absolute Gasteiger partial charge is 0.167 e. The van der Waals surface area contributed by atoms with E-state index in [2.05, 4.69) is 194 Å². The van der Waals surface area contributed by atoms with Gasteiger partial charge in [-0.3, -0.25) is 0 Å². The fraction of sp³-hybridized carbons (Fsp3) is 0. The Hall–Kier alpha value is -8.21. The van der Waals surface area contributed by atoms with Crippen molar-refractivity contribution in [3.63, 3.8) is 0 Å². The third-order valence-electron chi connectivity index (χ3n) is 12.0.